The predicted octanol–water partition coefficient (Wildman–Crippen LogP) is 1.87. The van der Waals surface area contributed by atoms with Gasteiger partial charge in [0.15, 0.2) is 17.2 Å². The van der Waals surface area contributed by atoms with E-state index in [-0.39, 0.29) is 32.9 Å². The summed E-state index contributed by atoms with van der Waals surface area (Å²) in [6.45, 7) is 1.30. The Hall–Kier alpha value is -2.48. The molecule has 98 valence electrons. The van der Waals surface area contributed by atoms with Crippen molar-refractivity contribution in [2.75, 3.05) is 5.32 Å². The summed E-state index contributed by atoms with van der Waals surface area (Å²) in [6, 6.07) is 1.28. The number of nitrogens with zero attached hydrogens (tertiary/aromatic N) is 1. The van der Waals surface area contributed by atoms with E-state index in [9.17, 15) is 14.4 Å². The molecule has 2 heterocycles. The third-order valence-electron chi connectivity index (χ3n) is 2.15. The minimum Gasteiger partial charge on any atom is -0.478 e. The van der Waals surface area contributed by atoms with Crippen LogP contribution in [0.3, 0.4) is 0 Å². The van der Waals surface area contributed by atoms with Crippen LogP contribution in [0.4, 0.5) is 5.13 Å². The molecule has 0 fully saturated rings. The molecule has 0 aromatic carbocycles. The summed E-state index contributed by atoms with van der Waals surface area (Å²) in [6.07, 6.45) is 1.69. The zero-order chi connectivity index (χ0) is 14.0. The number of aromatic carboxylic acids is 1. The monoisotopic (exact) mass is 280 g/mol. The van der Waals surface area contributed by atoms with Gasteiger partial charge in [0.05, 0.1) is 6.26 Å². The highest BCUT2D eigenvalue weighted by Crippen LogP contribution is 2.35. The number of hydrogen-bond donors (Lipinski definition) is 2. The molecule has 0 atom stereocenters. The molecular formula is C11H8N2O5S. The van der Waals surface area contributed by atoms with Crippen molar-refractivity contribution in [3.63, 3.8) is 0 Å². The van der Waals surface area contributed by atoms with E-state index in [1.54, 1.807) is 0 Å². The maximum Gasteiger partial charge on any atom is 0.339 e. The molecule has 8 heteroatoms. The minimum atomic E-state index is -1.17. The third kappa shape index (κ3) is 2.52. The number of anilines is 1. The van der Waals surface area contributed by atoms with E-state index >= 15 is 0 Å². The Morgan fingerprint density at radius 3 is 2.84 bits per heavy atom. The first-order valence-electron chi connectivity index (χ1n) is 5.07. The maximum atomic E-state index is 11.0. The van der Waals surface area contributed by atoms with E-state index in [0.717, 1.165) is 11.3 Å². The molecule has 0 saturated heterocycles. The Bertz CT molecular complexity index is 658. The van der Waals surface area contributed by atoms with E-state index < -0.39 is 5.97 Å². The Morgan fingerprint density at radius 1 is 1.53 bits per heavy atom. The van der Waals surface area contributed by atoms with E-state index in [1.807, 2.05) is 0 Å². The van der Waals surface area contributed by atoms with Crippen LogP contribution in [0, 0.1) is 0 Å². The van der Waals surface area contributed by atoms with E-state index in [4.69, 9.17) is 9.52 Å². The van der Waals surface area contributed by atoms with Crippen molar-refractivity contribution in [1.82, 2.24) is 4.98 Å². The molecule has 0 spiro atoms. The van der Waals surface area contributed by atoms with Crippen molar-refractivity contribution in [2.24, 2.45) is 0 Å². The van der Waals surface area contributed by atoms with Crippen LogP contribution in [-0.4, -0.2) is 28.3 Å². The van der Waals surface area contributed by atoms with Crippen LogP contribution in [0.2, 0.25) is 0 Å². The van der Waals surface area contributed by atoms with Crippen LogP contribution < -0.4 is 5.32 Å². The number of rotatable bonds is 4. The van der Waals surface area contributed by atoms with Gasteiger partial charge in [0.25, 0.3) is 0 Å². The summed E-state index contributed by atoms with van der Waals surface area (Å²) in [5.74, 6) is -1.46. The first-order chi connectivity index (χ1) is 9.02. The average Bonchev–Trinajstić information content (AvgIpc) is 2.92. The van der Waals surface area contributed by atoms with Crippen LogP contribution >= 0.6 is 11.3 Å². The molecule has 0 radical (unpaired) electrons. The molecule has 7 nitrogen and oxygen atoms in total. The first-order valence-corrected chi connectivity index (χ1v) is 5.89. The predicted molar refractivity (Wildman–Crippen MR) is 66.5 cm³/mol. The minimum absolute atomic E-state index is 0.0196. The number of thiazole rings is 1. The van der Waals surface area contributed by atoms with Gasteiger partial charge in [-0.05, 0) is 6.07 Å². The quantitative estimate of drug-likeness (QED) is 0.827. The molecule has 0 aliphatic heterocycles. The van der Waals surface area contributed by atoms with Gasteiger partial charge in [0, 0.05) is 6.92 Å². The first kappa shape index (κ1) is 13.0. The fourth-order valence-corrected chi connectivity index (χ4v) is 2.41. The molecule has 0 aliphatic carbocycles. The lowest BCUT2D eigenvalue weighted by molar-refractivity contribution is -0.114. The second kappa shape index (κ2) is 5.02. The fourth-order valence-electron chi connectivity index (χ4n) is 1.43. The number of aldehydes is 1. The van der Waals surface area contributed by atoms with Gasteiger partial charge in [-0.3, -0.25) is 9.59 Å². The summed E-state index contributed by atoms with van der Waals surface area (Å²) in [7, 11) is 0. The van der Waals surface area contributed by atoms with Gasteiger partial charge in [-0.15, -0.1) is 0 Å². The van der Waals surface area contributed by atoms with Gasteiger partial charge >= 0.3 is 5.97 Å². The number of carbonyl (C=O) groups excluding carboxylic acids is 2. The molecule has 2 aromatic rings. The zero-order valence-corrected chi connectivity index (χ0v) is 10.5. The van der Waals surface area contributed by atoms with Gasteiger partial charge in [-0.2, -0.15) is 0 Å². The van der Waals surface area contributed by atoms with Crippen LogP contribution in [0.1, 0.15) is 27.8 Å². The molecule has 0 saturated carbocycles. The molecule has 2 N–H and O–H groups in total. The second-order valence-electron chi connectivity index (χ2n) is 3.50. The van der Waals surface area contributed by atoms with Crippen molar-refractivity contribution in [3.05, 3.63) is 23.6 Å². The van der Waals surface area contributed by atoms with Gasteiger partial charge in [0.1, 0.15) is 16.1 Å². The molecule has 0 bridgehead atoms. The normalized spacial score (nSPS) is 10.2. The van der Waals surface area contributed by atoms with E-state index in [2.05, 4.69) is 10.3 Å². The Kier molecular flexibility index (Phi) is 3.43. The summed E-state index contributed by atoms with van der Waals surface area (Å²) in [5, 5.41) is 11.6. The smallest absolute Gasteiger partial charge is 0.339 e. The standard InChI is InChI=1S/C11H8N2O5S/c1-5(15)12-11-13-7(4-14)9(19-11)8-6(10(16)17)2-3-18-8/h2-4H,1H3,(H,16,17)(H,12,13,15). The maximum absolute atomic E-state index is 11.0. The van der Waals surface area contributed by atoms with Gasteiger partial charge < -0.3 is 14.8 Å². The van der Waals surface area contributed by atoms with Crippen LogP contribution in [-0.2, 0) is 4.79 Å². The summed E-state index contributed by atoms with van der Waals surface area (Å²) in [5.41, 5.74) is -0.0488. The van der Waals surface area contributed by atoms with Gasteiger partial charge in [-0.25, -0.2) is 9.78 Å². The summed E-state index contributed by atoms with van der Waals surface area (Å²) >= 11 is 0.970. The highest BCUT2D eigenvalue weighted by Gasteiger charge is 2.22. The largest absolute Gasteiger partial charge is 0.478 e. The topological polar surface area (TPSA) is 110 Å². The average molecular weight is 280 g/mol. The Morgan fingerprint density at radius 2 is 2.26 bits per heavy atom. The summed E-state index contributed by atoms with van der Waals surface area (Å²) in [4.78, 5) is 37.0. The SMILES string of the molecule is CC(=O)Nc1nc(C=O)c(-c2occc2C(=O)O)s1. The lowest BCUT2D eigenvalue weighted by atomic mass is 10.2. The Balaban J connectivity index is 2.51. The molecule has 2 rings (SSSR count). The number of carboxylic acid groups (broad SMARTS) is 1. The third-order valence-corrected chi connectivity index (χ3v) is 3.14. The van der Waals surface area contributed by atoms with Crippen molar-refractivity contribution in [1.29, 1.82) is 0 Å². The van der Waals surface area contributed by atoms with Crippen molar-refractivity contribution >= 4 is 34.6 Å². The number of carboxylic acids is 1. The number of furan rings is 1. The van der Waals surface area contributed by atoms with Crippen LogP contribution in [0.25, 0.3) is 10.6 Å². The molecular weight excluding hydrogens is 272 g/mol. The Labute approximate surface area is 110 Å². The number of amides is 1. The van der Waals surface area contributed by atoms with E-state index in [1.165, 1.54) is 19.3 Å². The van der Waals surface area contributed by atoms with Gasteiger partial charge in [0.2, 0.25) is 5.91 Å². The number of aromatic nitrogens is 1. The molecule has 19 heavy (non-hydrogen) atoms. The molecule has 0 unspecified atom stereocenters. The van der Waals surface area contributed by atoms with Crippen molar-refractivity contribution in [2.45, 2.75) is 6.92 Å². The molecule has 1 amide bonds. The van der Waals surface area contributed by atoms with Crippen LogP contribution in [0.15, 0.2) is 16.7 Å². The summed E-state index contributed by atoms with van der Waals surface area (Å²) < 4.78 is 5.09. The fraction of sp³-hybridized carbons (Fsp3) is 0.0909. The molecule has 0 aliphatic rings. The second-order valence-corrected chi connectivity index (χ2v) is 4.50. The van der Waals surface area contributed by atoms with Crippen molar-refractivity contribution in [3.8, 4) is 10.6 Å². The number of hydrogen-bond acceptors (Lipinski definition) is 6. The van der Waals surface area contributed by atoms with Crippen molar-refractivity contribution < 1.29 is 23.9 Å². The highest BCUT2D eigenvalue weighted by atomic mass is 32.1. The lowest BCUT2D eigenvalue weighted by Gasteiger charge is -1.95. The zero-order valence-electron chi connectivity index (χ0n) is 9.67. The lowest BCUT2D eigenvalue weighted by Crippen LogP contribution is -2.05. The van der Waals surface area contributed by atoms with Crippen LogP contribution in [0.5, 0.6) is 0 Å². The van der Waals surface area contributed by atoms with Gasteiger partial charge in [-0.1, -0.05) is 11.3 Å². The number of nitrogens with one attached hydrogen (secondary N) is 1. The highest BCUT2D eigenvalue weighted by molar-refractivity contribution is 7.19. The van der Waals surface area contributed by atoms with E-state index in [0.29, 0.717) is 6.29 Å². The number of carbonyl (C=O) groups is 3. The molecule has 2 aromatic heterocycles.